The Morgan fingerprint density at radius 2 is 2.32 bits per heavy atom. The van der Waals surface area contributed by atoms with Crippen molar-refractivity contribution in [2.75, 3.05) is 13.7 Å². The zero-order chi connectivity index (χ0) is 13.4. The van der Waals surface area contributed by atoms with Crippen LogP contribution in [0, 0.1) is 0 Å². The second-order valence-electron chi connectivity index (χ2n) is 4.59. The van der Waals surface area contributed by atoms with Gasteiger partial charge in [-0.2, -0.15) is 5.10 Å². The molecule has 0 saturated carbocycles. The summed E-state index contributed by atoms with van der Waals surface area (Å²) >= 11 is 0. The Morgan fingerprint density at radius 1 is 1.47 bits per heavy atom. The maximum absolute atomic E-state index is 10.5. The summed E-state index contributed by atoms with van der Waals surface area (Å²) in [5.41, 5.74) is 2.62. The van der Waals surface area contributed by atoms with Crippen molar-refractivity contribution in [2.45, 2.75) is 12.5 Å². The number of aryl methyl sites for hydroxylation is 1. The van der Waals surface area contributed by atoms with E-state index in [9.17, 15) is 5.11 Å². The Kier molecular flexibility index (Phi) is 2.91. The average molecular weight is 260 g/mol. The molecule has 2 heterocycles. The summed E-state index contributed by atoms with van der Waals surface area (Å²) in [6, 6.07) is 5.77. The molecule has 1 N–H and O–H groups in total. The monoisotopic (exact) mass is 260 g/mol. The second kappa shape index (κ2) is 4.59. The SMILES string of the molecule is COc1cnn(C)c1C(O)c1ccc2c(c1)CCO2. The van der Waals surface area contributed by atoms with Crippen LogP contribution in [0.1, 0.15) is 22.9 Å². The highest BCUT2D eigenvalue weighted by atomic mass is 16.5. The van der Waals surface area contributed by atoms with Crippen molar-refractivity contribution in [3.8, 4) is 11.5 Å². The van der Waals surface area contributed by atoms with Gasteiger partial charge in [-0.25, -0.2) is 0 Å². The van der Waals surface area contributed by atoms with Gasteiger partial charge in [0.25, 0.3) is 0 Å². The molecular weight excluding hydrogens is 244 g/mol. The molecule has 1 atom stereocenters. The van der Waals surface area contributed by atoms with Crippen LogP contribution in [0.4, 0.5) is 0 Å². The zero-order valence-corrected chi connectivity index (χ0v) is 11.0. The van der Waals surface area contributed by atoms with E-state index in [1.54, 1.807) is 25.0 Å². The summed E-state index contributed by atoms with van der Waals surface area (Å²) in [4.78, 5) is 0. The van der Waals surface area contributed by atoms with Crippen LogP contribution in [0.3, 0.4) is 0 Å². The number of methoxy groups -OCH3 is 1. The predicted molar refractivity (Wildman–Crippen MR) is 69.5 cm³/mol. The van der Waals surface area contributed by atoms with Gasteiger partial charge in [0.05, 0.1) is 19.9 Å². The van der Waals surface area contributed by atoms with Crippen molar-refractivity contribution >= 4 is 0 Å². The van der Waals surface area contributed by atoms with E-state index in [-0.39, 0.29) is 0 Å². The van der Waals surface area contributed by atoms with Gasteiger partial charge in [-0.1, -0.05) is 6.07 Å². The van der Waals surface area contributed by atoms with Crippen molar-refractivity contribution in [1.29, 1.82) is 0 Å². The predicted octanol–water partition coefficient (Wildman–Crippen LogP) is 1.45. The molecule has 0 fully saturated rings. The fourth-order valence-electron chi connectivity index (χ4n) is 2.43. The Morgan fingerprint density at radius 3 is 3.11 bits per heavy atom. The van der Waals surface area contributed by atoms with E-state index in [0.717, 1.165) is 23.3 Å². The molecular formula is C14H16N2O3. The summed E-state index contributed by atoms with van der Waals surface area (Å²) in [7, 11) is 3.36. The van der Waals surface area contributed by atoms with E-state index in [1.807, 2.05) is 18.2 Å². The molecule has 3 rings (SSSR count). The highest BCUT2D eigenvalue weighted by Crippen LogP contribution is 2.33. The van der Waals surface area contributed by atoms with Crippen LogP contribution in [0.25, 0.3) is 0 Å². The third-order valence-corrected chi connectivity index (χ3v) is 3.46. The van der Waals surface area contributed by atoms with Gasteiger partial charge in [-0.3, -0.25) is 4.68 Å². The van der Waals surface area contributed by atoms with E-state index in [4.69, 9.17) is 9.47 Å². The molecule has 1 aliphatic heterocycles. The number of benzene rings is 1. The smallest absolute Gasteiger partial charge is 0.162 e. The second-order valence-corrected chi connectivity index (χ2v) is 4.59. The van der Waals surface area contributed by atoms with Crippen LogP contribution in [0.5, 0.6) is 11.5 Å². The van der Waals surface area contributed by atoms with Crippen LogP contribution >= 0.6 is 0 Å². The first-order valence-corrected chi connectivity index (χ1v) is 6.20. The number of aliphatic hydroxyl groups is 1. The minimum absolute atomic E-state index is 0.590. The van der Waals surface area contributed by atoms with Crippen LogP contribution in [-0.4, -0.2) is 28.6 Å². The largest absolute Gasteiger partial charge is 0.493 e. The number of nitrogens with zero attached hydrogens (tertiary/aromatic N) is 2. The number of ether oxygens (including phenoxy) is 2. The molecule has 1 aliphatic rings. The van der Waals surface area contributed by atoms with Gasteiger partial charge in [-0.05, 0) is 23.3 Å². The first-order chi connectivity index (χ1) is 9.20. The molecule has 2 aromatic rings. The molecule has 0 saturated heterocycles. The molecule has 0 bridgehead atoms. The van der Waals surface area contributed by atoms with E-state index in [0.29, 0.717) is 18.1 Å². The first-order valence-electron chi connectivity index (χ1n) is 6.20. The zero-order valence-electron chi connectivity index (χ0n) is 11.0. The van der Waals surface area contributed by atoms with Gasteiger partial charge in [0.15, 0.2) is 5.75 Å². The maximum Gasteiger partial charge on any atom is 0.162 e. The van der Waals surface area contributed by atoms with Crippen molar-refractivity contribution in [1.82, 2.24) is 9.78 Å². The molecule has 5 nitrogen and oxygen atoms in total. The number of fused-ring (bicyclic) bond motifs is 1. The Labute approximate surface area is 111 Å². The molecule has 1 aromatic carbocycles. The summed E-state index contributed by atoms with van der Waals surface area (Å²) < 4.78 is 12.3. The molecule has 19 heavy (non-hydrogen) atoms. The molecule has 0 amide bonds. The third-order valence-electron chi connectivity index (χ3n) is 3.46. The number of rotatable bonds is 3. The molecule has 100 valence electrons. The lowest BCUT2D eigenvalue weighted by molar-refractivity contribution is 0.204. The number of hydrogen-bond donors (Lipinski definition) is 1. The summed E-state index contributed by atoms with van der Waals surface area (Å²) in [5, 5.41) is 14.6. The number of aromatic nitrogens is 2. The Bertz CT molecular complexity index is 607. The van der Waals surface area contributed by atoms with Crippen LogP contribution in [-0.2, 0) is 13.5 Å². The standard InChI is InChI=1S/C14H16N2O3/c1-16-13(12(18-2)8-15-16)14(17)10-3-4-11-9(7-10)5-6-19-11/h3-4,7-8,14,17H,5-6H2,1-2H3. The Hall–Kier alpha value is -2.01. The summed E-state index contributed by atoms with van der Waals surface area (Å²) in [6.07, 6.45) is 1.74. The molecule has 0 aliphatic carbocycles. The van der Waals surface area contributed by atoms with Crippen molar-refractivity contribution in [3.63, 3.8) is 0 Å². The fraction of sp³-hybridized carbons (Fsp3) is 0.357. The molecule has 1 aromatic heterocycles. The first kappa shape index (κ1) is 12.0. The minimum Gasteiger partial charge on any atom is -0.493 e. The van der Waals surface area contributed by atoms with Crippen molar-refractivity contribution in [2.24, 2.45) is 7.05 Å². The molecule has 0 radical (unpaired) electrons. The van der Waals surface area contributed by atoms with Gasteiger partial charge in [0.1, 0.15) is 17.5 Å². The topological polar surface area (TPSA) is 56.5 Å². The van der Waals surface area contributed by atoms with Crippen molar-refractivity contribution in [3.05, 3.63) is 41.2 Å². The summed E-state index contributed by atoms with van der Waals surface area (Å²) in [6.45, 7) is 0.712. The van der Waals surface area contributed by atoms with Crippen molar-refractivity contribution < 1.29 is 14.6 Å². The minimum atomic E-state index is -0.756. The van der Waals surface area contributed by atoms with Crippen LogP contribution in [0.15, 0.2) is 24.4 Å². The quantitative estimate of drug-likeness (QED) is 0.907. The lowest BCUT2D eigenvalue weighted by Crippen LogP contribution is -2.08. The third kappa shape index (κ3) is 1.96. The highest BCUT2D eigenvalue weighted by Gasteiger charge is 2.22. The molecule has 1 unspecified atom stereocenters. The number of hydrogen-bond acceptors (Lipinski definition) is 4. The lowest BCUT2D eigenvalue weighted by atomic mass is 10.0. The van der Waals surface area contributed by atoms with E-state index >= 15 is 0 Å². The van der Waals surface area contributed by atoms with Gasteiger partial charge < -0.3 is 14.6 Å². The van der Waals surface area contributed by atoms with Gasteiger partial charge in [-0.15, -0.1) is 0 Å². The summed E-state index contributed by atoms with van der Waals surface area (Å²) in [5.74, 6) is 1.50. The fourth-order valence-corrected chi connectivity index (χ4v) is 2.43. The van der Waals surface area contributed by atoms with Crippen LogP contribution in [0.2, 0.25) is 0 Å². The van der Waals surface area contributed by atoms with E-state index in [1.165, 1.54) is 0 Å². The highest BCUT2D eigenvalue weighted by molar-refractivity contribution is 5.43. The Balaban J connectivity index is 1.99. The molecule has 0 spiro atoms. The van der Waals surface area contributed by atoms with Gasteiger partial charge >= 0.3 is 0 Å². The van der Waals surface area contributed by atoms with Gasteiger partial charge in [0.2, 0.25) is 0 Å². The maximum atomic E-state index is 10.5. The van der Waals surface area contributed by atoms with E-state index < -0.39 is 6.10 Å². The molecule has 5 heteroatoms. The number of aliphatic hydroxyl groups excluding tert-OH is 1. The normalized spacial score (nSPS) is 14.9. The van der Waals surface area contributed by atoms with Crippen LogP contribution < -0.4 is 9.47 Å². The average Bonchev–Trinajstić information content (AvgIpc) is 3.02. The van der Waals surface area contributed by atoms with Gasteiger partial charge in [0, 0.05) is 13.5 Å². The van der Waals surface area contributed by atoms with E-state index in [2.05, 4.69) is 5.10 Å². The lowest BCUT2D eigenvalue weighted by Gasteiger charge is -2.14.